The lowest BCUT2D eigenvalue weighted by Crippen LogP contribution is -2.30. The van der Waals surface area contributed by atoms with Crippen LogP contribution in [0.2, 0.25) is 0 Å². The van der Waals surface area contributed by atoms with Crippen molar-refractivity contribution < 1.29 is 17.6 Å². The quantitative estimate of drug-likeness (QED) is 0.696. The second kappa shape index (κ2) is 7.29. The van der Waals surface area contributed by atoms with Crippen LogP contribution in [0, 0.1) is 12.7 Å². The fourth-order valence-electron chi connectivity index (χ4n) is 2.88. The maximum atomic E-state index is 13.5. The van der Waals surface area contributed by atoms with Crippen molar-refractivity contribution in [1.82, 2.24) is 10.3 Å². The molecule has 0 radical (unpaired) electrons. The molecule has 2 N–H and O–H groups in total. The van der Waals surface area contributed by atoms with Crippen LogP contribution >= 0.6 is 0 Å². The molecule has 0 saturated heterocycles. The molecule has 3 aromatic rings. The zero-order valence-electron chi connectivity index (χ0n) is 14.3. The Morgan fingerprint density at radius 2 is 1.88 bits per heavy atom. The Morgan fingerprint density at radius 3 is 2.62 bits per heavy atom. The first kappa shape index (κ1) is 18.1. The number of carbonyl (C=O) groups is 1. The fraction of sp³-hybridized carbons (Fsp3) is 0.211. The van der Waals surface area contributed by atoms with Crippen LogP contribution in [-0.4, -0.2) is 31.6 Å². The number of aromatic nitrogens is 1. The number of sulfone groups is 1. The second-order valence-corrected chi connectivity index (χ2v) is 8.19. The molecule has 3 rings (SSSR count). The third-order valence-corrected chi connectivity index (χ3v) is 5.95. The summed E-state index contributed by atoms with van der Waals surface area (Å²) in [4.78, 5) is 15.6. The lowest BCUT2D eigenvalue weighted by atomic mass is 10.1. The van der Waals surface area contributed by atoms with E-state index in [9.17, 15) is 17.6 Å². The Hall–Kier alpha value is -2.67. The Kier molecular flexibility index (Phi) is 5.08. The second-order valence-electron chi connectivity index (χ2n) is 6.08. The van der Waals surface area contributed by atoms with E-state index in [4.69, 9.17) is 0 Å². The first-order valence-electron chi connectivity index (χ1n) is 8.18. The van der Waals surface area contributed by atoms with Crippen molar-refractivity contribution in [2.45, 2.75) is 18.2 Å². The molecule has 0 aliphatic rings. The van der Waals surface area contributed by atoms with Crippen molar-refractivity contribution in [3.63, 3.8) is 0 Å². The number of benzene rings is 2. The van der Waals surface area contributed by atoms with Gasteiger partial charge in [0, 0.05) is 23.1 Å². The van der Waals surface area contributed by atoms with Gasteiger partial charge < -0.3 is 10.3 Å². The number of rotatable bonds is 6. The summed E-state index contributed by atoms with van der Waals surface area (Å²) in [5.74, 6) is -0.849. The highest BCUT2D eigenvalue weighted by atomic mass is 32.2. The normalized spacial score (nSPS) is 11.6. The first-order valence-corrected chi connectivity index (χ1v) is 9.83. The standard InChI is InChI=1S/C19H19FN2O3S/c1-13-16(17-11-14(20)7-8-18(17)22-13)12-19(23)21-9-10-26(24,25)15-5-3-2-4-6-15/h2-8,11,22H,9-10,12H2,1H3,(H,21,23). The van der Waals surface area contributed by atoms with Crippen LogP contribution < -0.4 is 5.32 Å². The summed E-state index contributed by atoms with van der Waals surface area (Å²) < 4.78 is 37.9. The number of amides is 1. The minimum Gasteiger partial charge on any atom is -0.358 e. The number of fused-ring (bicyclic) bond motifs is 1. The van der Waals surface area contributed by atoms with Gasteiger partial charge in [-0.1, -0.05) is 18.2 Å². The first-order chi connectivity index (χ1) is 12.4. The van der Waals surface area contributed by atoms with Gasteiger partial charge in [0.05, 0.1) is 17.1 Å². The molecule has 5 nitrogen and oxygen atoms in total. The summed E-state index contributed by atoms with van der Waals surface area (Å²) in [6.45, 7) is 1.84. The van der Waals surface area contributed by atoms with Crippen LogP contribution in [0.4, 0.5) is 4.39 Å². The molecule has 1 aromatic heterocycles. The van der Waals surface area contributed by atoms with Crippen molar-refractivity contribution >= 4 is 26.6 Å². The van der Waals surface area contributed by atoms with Gasteiger partial charge in [0.2, 0.25) is 5.91 Å². The van der Waals surface area contributed by atoms with Gasteiger partial charge >= 0.3 is 0 Å². The lowest BCUT2D eigenvalue weighted by molar-refractivity contribution is -0.120. The molecule has 0 fully saturated rings. The summed E-state index contributed by atoms with van der Waals surface area (Å²) in [7, 11) is -3.44. The predicted octanol–water partition coefficient (Wildman–Crippen LogP) is 2.75. The number of hydrogen-bond donors (Lipinski definition) is 2. The van der Waals surface area contributed by atoms with Crippen molar-refractivity contribution in [2.24, 2.45) is 0 Å². The van der Waals surface area contributed by atoms with Gasteiger partial charge in [-0.15, -0.1) is 0 Å². The molecule has 0 atom stereocenters. The van der Waals surface area contributed by atoms with Crippen molar-refractivity contribution in [3.05, 3.63) is 65.6 Å². The molecule has 0 aliphatic carbocycles. The van der Waals surface area contributed by atoms with Crippen molar-refractivity contribution in [1.29, 1.82) is 0 Å². The summed E-state index contributed by atoms with van der Waals surface area (Å²) >= 11 is 0. The van der Waals surface area contributed by atoms with E-state index in [0.717, 1.165) is 11.2 Å². The van der Waals surface area contributed by atoms with Gasteiger partial charge in [-0.25, -0.2) is 12.8 Å². The number of aromatic amines is 1. The van der Waals surface area contributed by atoms with E-state index in [2.05, 4.69) is 10.3 Å². The van der Waals surface area contributed by atoms with E-state index in [1.165, 1.54) is 24.3 Å². The van der Waals surface area contributed by atoms with Gasteiger partial charge in [0.15, 0.2) is 9.84 Å². The summed E-state index contributed by atoms with van der Waals surface area (Å²) in [6.07, 6.45) is 0.0562. The molecule has 0 bridgehead atoms. The molecular weight excluding hydrogens is 355 g/mol. The highest BCUT2D eigenvalue weighted by Gasteiger charge is 2.16. The Labute approximate surface area is 151 Å². The summed E-state index contributed by atoms with van der Waals surface area (Å²) in [5, 5.41) is 3.29. The minimum atomic E-state index is -3.44. The van der Waals surface area contributed by atoms with Crippen LogP contribution in [0.5, 0.6) is 0 Å². The van der Waals surface area contributed by atoms with E-state index in [1.807, 2.05) is 6.92 Å². The average molecular weight is 374 g/mol. The molecule has 0 unspecified atom stereocenters. The van der Waals surface area contributed by atoms with Crippen molar-refractivity contribution in [2.75, 3.05) is 12.3 Å². The van der Waals surface area contributed by atoms with Crippen LogP contribution in [0.1, 0.15) is 11.3 Å². The lowest BCUT2D eigenvalue weighted by Gasteiger charge is -2.07. The van der Waals surface area contributed by atoms with Gasteiger partial charge in [0.25, 0.3) is 0 Å². The Balaban J connectivity index is 1.63. The molecule has 26 heavy (non-hydrogen) atoms. The van der Waals surface area contributed by atoms with Gasteiger partial charge in [-0.2, -0.15) is 0 Å². The summed E-state index contributed by atoms with van der Waals surface area (Å²) in [5.41, 5.74) is 2.26. The molecule has 0 spiro atoms. The fourth-order valence-corrected chi connectivity index (χ4v) is 4.05. The van der Waals surface area contributed by atoms with E-state index in [-0.39, 0.29) is 35.3 Å². The van der Waals surface area contributed by atoms with Crippen LogP contribution in [-0.2, 0) is 21.1 Å². The van der Waals surface area contributed by atoms with Gasteiger partial charge in [-0.3, -0.25) is 4.79 Å². The van der Waals surface area contributed by atoms with E-state index in [1.54, 1.807) is 24.3 Å². The zero-order chi connectivity index (χ0) is 18.7. The highest BCUT2D eigenvalue weighted by molar-refractivity contribution is 7.91. The molecule has 1 amide bonds. The number of halogens is 1. The SMILES string of the molecule is Cc1[nH]c2ccc(F)cc2c1CC(=O)NCCS(=O)(=O)c1ccccc1. The molecule has 0 aliphatic heterocycles. The zero-order valence-corrected chi connectivity index (χ0v) is 15.1. The molecule has 2 aromatic carbocycles. The van der Waals surface area contributed by atoms with Gasteiger partial charge in [-0.05, 0) is 42.8 Å². The third-order valence-electron chi connectivity index (χ3n) is 4.21. The van der Waals surface area contributed by atoms with Crippen LogP contribution in [0.25, 0.3) is 10.9 Å². The average Bonchev–Trinajstić information content (AvgIpc) is 2.91. The topological polar surface area (TPSA) is 79.0 Å². The maximum absolute atomic E-state index is 13.5. The monoisotopic (exact) mass is 374 g/mol. The predicted molar refractivity (Wildman–Crippen MR) is 98.2 cm³/mol. The molecular formula is C19H19FN2O3S. The van der Waals surface area contributed by atoms with E-state index >= 15 is 0 Å². The molecule has 0 saturated carbocycles. The molecule has 1 heterocycles. The number of aryl methyl sites for hydroxylation is 1. The molecule has 7 heteroatoms. The van der Waals surface area contributed by atoms with Crippen LogP contribution in [0.15, 0.2) is 53.4 Å². The number of H-pyrrole nitrogens is 1. The number of nitrogens with one attached hydrogen (secondary N) is 2. The molecule has 136 valence electrons. The number of hydrogen-bond acceptors (Lipinski definition) is 3. The van der Waals surface area contributed by atoms with Crippen molar-refractivity contribution in [3.8, 4) is 0 Å². The Bertz CT molecular complexity index is 1040. The number of carbonyl (C=O) groups excluding carboxylic acids is 1. The summed E-state index contributed by atoms with van der Waals surface area (Å²) in [6, 6.07) is 12.5. The van der Waals surface area contributed by atoms with Crippen LogP contribution in [0.3, 0.4) is 0 Å². The van der Waals surface area contributed by atoms with E-state index in [0.29, 0.717) is 10.9 Å². The maximum Gasteiger partial charge on any atom is 0.224 e. The minimum absolute atomic E-state index is 0.0197. The third kappa shape index (κ3) is 3.94. The van der Waals surface area contributed by atoms with Gasteiger partial charge in [0.1, 0.15) is 5.82 Å². The highest BCUT2D eigenvalue weighted by Crippen LogP contribution is 2.23. The Morgan fingerprint density at radius 1 is 1.15 bits per heavy atom. The largest absolute Gasteiger partial charge is 0.358 e. The smallest absolute Gasteiger partial charge is 0.224 e. The van der Waals surface area contributed by atoms with E-state index < -0.39 is 9.84 Å².